The Balaban J connectivity index is 2.65. The van der Waals surface area contributed by atoms with E-state index < -0.39 is 18.0 Å². The Hall–Kier alpha value is -1.79. The van der Waals surface area contributed by atoms with Crippen LogP contribution >= 0.6 is 0 Å². The number of amides is 3. The molecule has 0 radical (unpaired) electrons. The van der Waals surface area contributed by atoms with E-state index in [1.807, 2.05) is 6.92 Å². The van der Waals surface area contributed by atoms with Crippen LogP contribution in [0.2, 0.25) is 0 Å². The smallest absolute Gasteiger partial charge is 0.404 e. The molecular formula is C11H19N3O4. The van der Waals surface area contributed by atoms with Gasteiger partial charge in [0.15, 0.2) is 0 Å². The first-order valence-electron chi connectivity index (χ1n) is 6.01. The summed E-state index contributed by atoms with van der Waals surface area (Å²) >= 11 is 0. The molecule has 1 aliphatic heterocycles. The average molecular weight is 257 g/mol. The van der Waals surface area contributed by atoms with Gasteiger partial charge in [0, 0.05) is 13.0 Å². The van der Waals surface area contributed by atoms with E-state index in [9.17, 15) is 14.4 Å². The number of carbonyl (C=O) groups is 3. The first-order valence-corrected chi connectivity index (χ1v) is 6.01. The number of likely N-dealkylation sites (tertiary alicyclic amines) is 1. The third kappa shape index (κ3) is 3.61. The van der Waals surface area contributed by atoms with Gasteiger partial charge in [-0.15, -0.1) is 0 Å². The van der Waals surface area contributed by atoms with E-state index >= 15 is 0 Å². The van der Waals surface area contributed by atoms with Crippen molar-refractivity contribution in [3.8, 4) is 0 Å². The summed E-state index contributed by atoms with van der Waals surface area (Å²) in [5.41, 5.74) is 5.22. The van der Waals surface area contributed by atoms with E-state index in [1.165, 1.54) is 4.90 Å². The minimum atomic E-state index is -1.24. The van der Waals surface area contributed by atoms with Crippen molar-refractivity contribution >= 4 is 17.9 Å². The molecule has 7 nitrogen and oxygen atoms in total. The second kappa shape index (κ2) is 6.23. The molecule has 3 amide bonds. The maximum Gasteiger partial charge on any atom is 0.404 e. The van der Waals surface area contributed by atoms with Gasteiger partial charge in [-0.05, 0) is 12.3 Å². The van der Waals surface area contributed by atoms with Gasteiger partial charge in [0.25, 0.3) is 0 Å². The molecule has 2 unspecified atom stereocenters. The Labute approximate surface area is 105 Å². The van der Waals surface area contributed by atoms with E-state index in [0.717, 1.165) is 12.8 Å². The quantitative estimate of drug-likeness (QED) is 0.609. The van der Waals surface area contributed by atoms with E-state index in [2.05, 4.69) is 5.32 Å². The van der Waals surface area contributed by atoms with Gasteiger partial charge >= 0.3 is 6.09 Å². The normalized spacial score (nSPS) is 20.8. The van der Waals surface area contributed by atoms with Gasteiger partial charge in [-0.1, -0.05) is 13.3 Å². The number of nitrogens with zero attached hydrogens (tertiary/aromatic N) is 1. The highest BCUT2D eigenvalue weighted by molar-refractivity contribution is 5.88. The molecule has 0 bridgehead atoms. The summed E-state index contributed by atoms with van der Waals surface area (Å²) in [4.78, 5) is 34.9. The molecular weight excluding hydrogens is 238 g/mol. The Morgan fingerprint density at radius 2 is 2.28 bits per heavy atom. The number of hydrogen-bond donors (Lipinski definition) is 3. The van der Waals surface area contributed by atoms with E-state index in [4.69, 9.17) is 10.8 Å². The molecule has 1 aliphatic rings. The fraction of sp³-hybridized carbons (Fsp3) is 0.727. The fourth-order valence-electron chi connectivity index (χ4n) is 2.26. The zero-order valence-corrected chi connectivity index (χ0v) is 10.4. The SMILES string of the molecule is CCCC1CC(=O)N(C(CNC(=O)O)C(N)=O)C1. The van der Waals surface area contributed by atoms with Crippen LogP contribution in [0.4, 0.5) is 4.79 Å². The zero-order valence-electron chi connectivity index (χ0n) is 10.4. The largest absolute Gasteiger partial charge is 0.465 e. The monoisotopic (exact) mass is 257 g/mol. The summed E-state index contributed by atoms with van der Waals surface area (Å²) in [7, 11) is 0. The topological polar surface area (TPSA) is 113 Å². The lowest BCUT2D eigenvalue weighted by molar-refractivity contribution is -0.135. The van der Waals surface area contributed by atoms with Crippen LogP contribution in [0.5, 0.6) is 0 Å². The molecule has 2 atom stereocenters. The first kappa shape index (κ1) is 14.3. The Kier molecular flexibility index (Phi) is 4.94. The zero-order chi connectivity index (χ0) is 13.7. The van der Waals surface area contributed by atoms with Crippen molar-refractivity contribution in [3.05, 3.63) is 0 Å². The summed E-state index contributed by atoms with van der Waals surface area (Å²) in [6, 6.07) is -0.893. The Morgan fingerprint density at radius 3 is 2.78 bits per heavy atom. The number of primary amides is 1. The van der Waals surface area contributed by atoms with Gasteiger partial charge in [-0.2, -0.15) is 0 Å². The number of hydrogen-bond acceptors (Lipinski definition) is 3. The number of carboxylic acid groups (broad SMARTS) is 1. The summed E-state index contributed by atoms with van der Waals surface area (Å²) in [5.74, 6) is -0.590. The maximum absolute atomic E-state index is 11.8. The summed E-state index contributed by atoms with van der Waals surface area (Å²) in [6.07, 6.45) is 1.06. The highest BCUT2D eigenvalue weighted by atomic mass is 16.4. The molecule has 0 aromatic rings. The summed E-state index contributed by atoms with van der Waals surface area (Å²) < 4.78 is 0. The van der Waals surface area contributed by atoms with Crippen molar-refractivity contribution in [3.63, 3.8) is 0 Å². The molecule has 7 heteroatoms. The average Bonchev–Trinajstić information content (AvgIpc) is 2.60. The standard InChI is InChI=1S/C11H19N3O4/c1-2-3-7-4-9(15)14(6-7)8(10(12)16)5-13-11(17)18/h7-8,13H,2-6H2,1H3,(H2,12,16)(H,17,18). The van der Waals surface area contributed by atoms with Crippen molar-refractivity contribution in [2.75, 3.05) is 13.1 Å². The van der Waals surface area contributed by atoms with Crippen molar-refractivity contribution in [1.29, 1.82) is 0 Å². The van der Waals surface area contributed by atoms with E-state index in [1.54, 1.807) is 0 Å². The highest BCUT2D eigenvalue weighted by Gasteiger charge is 2.36. The lowest BCUT2D eigenvalue weighted by atomic mass is 10.0. The predicted molar refractivity (Wildman–Crippen MR) is 63.7 cm³/mol. The minimum Gasteiger partial charge on any atom is -0.465 e. The van der Waals surface area contributed by atoms with Crippen LogP contribution in [0.1, 0.15) is 26.2 Å². The van der Waals surface area contributed by atoms with Crippen molar-refractivity contribution in [2.45, 2.75) is 32.2 Å². The third-order valence-electron chi connectivity index (χ3n) is 3.09. The molecule has 1 fully saturated rings. The number of nitrogens with one attached hydrogen (secondary N) is 1. The lowest BCUT2D eigenvalue weighted by Gasteiger charge is -2.25. The molecule has 18 heavy (non-hydrogen) atoms. The molecule has 0 saturated carbocycles. The van der Waals surface area contributed by atoms with Gasteiger partial charge in [0.05, 0.1) is 6.54 Å². The van der Waals surface area contributed by atoms with Crippen LogP contribution in [0, 0.1) is 5.92 Å². The molecule has 1 saturated heterocycles. The Bertz CT molecular complexity index is 345. The summed E-state index contributed by atoms with van der Waals surface area (Å²) in [5, 5.41) is 10.6. The van der Waals surface area contributed by atoms with Crippen molar-refractivity contribution < 1.29 is 19.5 Å². The van der Waals surface area contributed by atoms with E-state index in [-0.39, 0.29) is 18.4 Å². The molecule has 0 aliphatic carbocycles. The molecule has 0 aromatic heterocycles. The van der Waals surface area contributed by atoms with Crippen LogP contribution in [-0.2, 0) is 9.59 Å². The van der Waals surface area contributed by atoms with Crippen LogP contribution in [-0.4, -0.2) is 47.0 Å². The molecule has 1 heterocycles. The number of carbonyl (C=O) groups excluding carboxylic acids is 2. The fourth-order valence-corrected chi connectivity index (χ4v) is 2.26. The molecule has 0 spiro atoms. The third-order valence-corrected chi connectivity index (χ3v) is 3.09. The first-order chi connectivity index (χ1) is 8.45. The van der Waals surface area contributed by atoms with Crippen LogP contribution < -0.4 is 11.1 Å². The molecule has 4 N–H and O–H groups in total. The second-order valence-electron chi connectivity index (χ2n) is 4.51. The van der Waals surface area contributed by atoms with Gasteiger partial charge in [0.2, 0.25) is 11.8 Å². The highest BCUT2D eigenvalue weighted by Crippen LogP contribution is 2.23. The van der Waals surface area contributed by atoms with E-state index in [0.29, 0.717) is 13.0 Å². The minimum absolute atomic E-state index is 0.135. The van der Waals surface area contributed by atoms with Gasteiger partial charge < -0.3 is 21.1 Å². The van der Waals surface area contributed by atoms with Crippen LogP contribution in [0.25, 0.3) is 0 Å². The van der Waals surface area contributed by atoms with Crippen molar-refractivity contribution in [2.24, 2.45) is 11.7 Å². The predicted octanol–water partition coefficient (Wildman–Crippen LogP) is -0.243. The molecule has 0 aromatic carbocycles. The molecule has 102 valence electrons. The van der Waals surface area contributed by atoms with Gasteiger partial charge in [-0.3, -0.25) is 9.59 Å². The second-order valence-corrected chi connectivity index (χ2v) is 4.51. The van der Waals surface area contributed by atoms with Gasteiger partial charge in [0.1, 0.15) is 6.04 Å². The van der Waals surface area contributed by atoms with Crippen LogP contribution in [0.15, 0.2) is 0 Å². The lowest BCUT2D eigenvalue weighted by Crippen LogP contribution is -2.51. The maximum atomic E-state index is 11.8. The summed E-state index contributed by atoms with van der Waals surface area (Å²) in [6.45, 7) is 2.35. The van der Waals surface area contributed by atoms with Crippen molar-refractivity contribution in [1.82, 2.24) is 10.2 Å². The van der Waals surface area contributed by atoms with Gasteiger partial charge in [-0.25, -0.2) is 4.79 Å². The number of nitrogens with two attached hydrogens (primary N) is 1. The van der Waals surface area contributed by atoms with Crippen LogP contribution in [0.3, 0.4) is 0 Å². The number of rotatable bonds is 6. The Morgan fingerprint density at radius 1 is 1.61 bits per heavy atom. The molecule has 1 rings (SSSR count).